The lowest BCUT2D eigenvalue weighted by atomic mass is 9.86. The SMILES string of the molecule is CCN(CC)S(=O)(=O)c1cc(C)c(C)c(NC(=S)N[C@@H]2CCCC[C@@H]2C)c1. The number of thiocarbonyl (C=S) groups is 1. The Morgan fingerprint density at radius 1 is 1.19 bits per heavy atom. The van der Waals surface area contributed by atoms with E-state index in [1.165, 1.54) is 23.6 Å². The Morgan fingerprint density at radius 2 is 1.81 bits per heavy atom. The number of rotatable bonds is 6. The number of benzene rings is 1. The minimum absolute atomic E-state index is 0.311. The molecule has 27 heavy (non-hydrogen) atoms. The van der Waals surface area contributed by atoms with Gasteiger partial charge in [0.1, 0.15) is 0 Å². The van der Waals surface area contributed by atoms with E-state index in [1.54, 1.807) is 12.1 Å². The molecule has 1 aliphatic rings. The monoisotopic (exact) mass is 411 g/mol. The molecule has 2 rings (SSSR count). The average molecular weight is 412 g/mol. The molecule has 0 aromatic heterocycles. The first kappa shape index (κ1) is 22.1. The number of hydrogen-bond acceptors (Lipinski definition) is 3. The second kappa shape index (κ2) is 9.34. The normalized spacial score (nSPS) is 20.5. The van der Waals surface area contributed by atoms with E-state index in [0.29, 0.717) is 35.1 Å². The molecule has 0 aliphatic heterocycles. The molecule has 0 unspecified atom stereocenters. The van der Waals surface area contributed by atoms with Crippen molar-refractivity contribution < 1.29 is 8.42 Å². The van der Waals surface area contributed by atoms with Gasteiger partial charge in [0, 0.05) is 24.8 Å². The largest absolute Gasteiger partial charge is 0.359 e. The highest BCUT2D eigenvalue weighted by atomic mass is 32.2. The van der Waals surface area contributed by atoms with Crippen LogP contribution in [0.5, 0.6) is 0 Å². The first-order valence-electron chi connectivity index (χ1n) is 9.89. The van der Waals surface area contributed by atoms with Crippen LogP contribution in [0.25, 0.3) is 0 Å². The van der Waals surface area contributed by atoms with Crippen molar-refractivity contribution in [3.63, 3.8) is 0 Å². The molecule has 0 spiro atoms. The number of hydrogen-bond donors (Lipinski definition) is 2. The number of sulfonamides is 1. The van der Waals surface area contributed by atoms with E-state index in [-0.39, 0.29) is 0 Å². The van der Waals surface area contributed by atoms with Crippen molar-refractivity contribution in [1.29, 1.82) is 0 Å². The number of nitrogens with one attached hydrogen (secondary N) is 2. The summed E-state index contributed by atoms with van der Waals surface area (Å²) in [5, 5.41) is 7.23. The van der Waals surface area contributed by atoms with Crippen LogP contribution in [0.3, 0.4) is 0 Å². The van der Waals surface area contributed by atoms with Crippen LogP contribution in [0.2, 0.25) is 0 Å². The molecule has 1 aromatic carbocycles. The Hall–Kier alpha value is -1.18. The molecular formula is C20H33N3O2S2. The highest BCUT2D eigenvalue weighted by Gasteiger charge is 2.24. The maximum atomic E-state index is 12.9. The van der Waals surface area contributed by atoms with Crippen molar-refractivity contribution in [3.8, 4) is 0 Å². The van der Waals surface area contributed by atoms with Gasteiger partial charge in [-0.05, 0) is 68.1 Å². The fourth-order valence-corrected chi connectivity index (χ4v) is 5.51. The van der Waals surface area contributed by atoms with E-state index in [0.717, 1.165) is 23.2 Å². The minimum Gasteiger partial charge on any atom is -0.359 e. The molecule has 0 saturated heterocycles. The number of nitrogens with zero attached hydrogens (tertiary/aromatic N) is 1. The zero-order chi connectivity index (χ0) is 20.2. The molecule has 1 aliphatic carbocycles. The number of anilines is 1. The molecule has 2 N–H and O–H groups in total. The molecule has 1 saturated carbocycles. The highest BCUT2D eigenvalue weighted by Crippen LogP contribution is 2.27. The molecular weight excluding hydrogens is 378 g/mol. The lowest BCUT2D eigenvalue weighted by Gasteiger charge is -2.30. The standard InChI is InChI=1S/C20H33N3O2S2/c1-6-23(7-2)27(24,25)17-12-15(4)16(5)19(13-17)22-20(26)21-18-11-9-8-10-14(18)3/h12-14,18H,6-11H2,1-5H3,(H2,21,22,26)/t14-,18+/m0/s1. The summed E-state index contributed by atoms with van der Waals surface area (Å²) < 4.78 is 27.3. The van der Waals surface area contributed by atoms with Crippen LogP contribution in [0.1, 0.15) is 57.6 Å². The summed E-state index contributed by atoms with van der Waals surface area (Å²) in [7, 11) is -3.51. The highest BCUT2D eigenvalue weighted by molar-refractivity contribution is 7.89. The van der Waals surface area contributed by atoms with Crippen LogP contribution in [-0.2, 0) is 10.0 Å². The molecule has 1 aromatic rings. The topological polar surface area (TPSA) is 61.4 Å². The molecule has 2 atom stereocenters. The smallest absolute Gasteiger partial charge is 0.243 e. The zero-order valence-corrected chi connectivity index (χ0v) is 18.8. The van der Waals surface area contributed by atoms with Crippen LogP contribution < -0.4 is 10.6 Å². The summed E-state index contributed by atoms with van der Waals surface area (Å²) in [5.41, 5.74) is 2.69. The van der Waals surface area contributed by atoms with E-state index >= 15 is 0 Å². The van der Waals surface area contributed by atoms with Crippen molar-refractivity contribution in [3.05, 3.63) is 23.3 Å². The molecule has 152 valence electrons. The molecule has 0 amide bonds. The van der Waals surface area contributed by atoms with Crippen molar-refractivity contribution in [1.82, 2.24) is 9.62 Å². The van der Waals surface area contributed by atoms with E-state index in [1.807, 2.05) is 27.7 Å². The van der Waals surface area contributed by atoms with E-state index in [2.05, 4.69) is 17.6 Å². The van der Waals surface area contributed by atoms with Gasteiger partial charge >= 0.3 is 0 Å². The summed E-state index contributed by atoms with van der Waals surface area (Å²) in [6.45, 7) is 10.8. The molecule has 1 fully saturated rings. The minimum atomic E-state index is -3.51. The van der Waals surface area contributed by atoms with Crippen LogP contribution in [0.15, 0.2) is 17.0 Å². The Kier molecular flexibility index (Phi) is 7.65. The van der Waals surface area contributed by atoms with Gasteiger partial charge in [-0.2, -0.15) is 4.31 Å². The fraction of sp³-hybridized carbons (Fsp3) is 0.650. The molecule has 0 bridgehead atoms. The van der Waals surface area contributed by atoms with Gasteiger partial charge in [-0.3, -0.25) is 0 Å². The first-order valence-corrected chi connectivity index (χ1v) is 11.7. The van der Waals surface area contributed by atoms with Crippen LogP contribution in [0, 0.1) is 19.8 Å². The lowest BCUT2D eigenvalue weighted by Crippen LogP contribution is -2.43. The summed E-state index contributed by atoms with van der Waals surface area (Å²) in [4.78, 5) is 0.311. The van der Waals surface area contributed by atoms with Gasteiger partial charge in [0.2, 0.25) is 10.0 Å². The summed E-state index contributed by atoms with van der Waals surface area (Å²) in [6, 6.07) is 3.82. The third-order valence-corrected chi connectivity index (χ3v) is 7.91. The van der Waals surface area contributed by atoms with Gasteiger partial charge in [0.15, 0.2) is 5.11 Å². The van der Waals surface area contributed by atoms with E-state index in [4.69, 9.17) is 12.2 Å². The van der Waals surface area contributed by atoms with Crippen molar-refractivity contribution in [2.45, 2.75) is 71.2 Å². The molecule has 5 nitrogen and oxygen atoms in total. The van der Waals surface area contributed by atoms with Gasteiger partial charge in [-0.1, -0.05) is 33.6 Å². The maximum Gasteiger partial charge on any atom is 0.243 e. The van der Waals surface area contributed by atoms with E-state index < -0.39 is 10.0 Å². The quantitative estimate of drug-likeness (QED) is 0.687. The first-order chi connectivity index (χ1) is 12.7. The zero-order valence-electron chi connectivity index (χ0n) is 17.1. The van der Waals surface area contributed by atoms with Gasteiger partial charge < -0.3 is 10.6 Å². The summed E-state index contributed by atoms with van der Waals surface area (Å²) >= 11 is 5.52. The number of aryl methyl sites for hydroxylation is 1. The van der Waals surface area contributed by atoms with Crippen LogP contribution >= 0.6 is 12.2 Å². The molecule has 7 heteroatoms. The summed E-state index contributed by atoms with van der Waals surface area (Å²) in [5.74, 6) is 0.593. The Morgan fingerprint density at radius 3 is 2.41 bits per heavy atom. The molecule has 0 radical (unpaired) electrons. The Labute approximate surface area is 170 Å². The van der Waals surface area contributed by atoms with Gasteiger partial charge in [0.05, 0.1) is 4.90 Å². The van der Waals surface area contributed by atoms with Crippen molar-refractivity contribution in [2.24, 2.45) is 5.92 Å². The van der Waals surface area contributed by atoms with E-state index in [9.17, 15) is 8.42 Å². The van der Waals surface area contributed by atoms with Gasteiger partial charge in [0.25, 0.3) is 0 Å². The summed E-state index contributed by atoms with van der Waals surface area (Å²) in [6.07, 6.45) is 4.84. The van der Waals surface area contributed by atoms with Crippen LogP contribution in [-0.4, -0.2) is 37.0 Å². The Balaban J connectivity index is 2.24. The maximum absolute atomic E-state index is 12.9. The molecule has 0 heterocycles. The van der Waals surface area contributed by atoms with Crippen molar-refractivity contribution in [2.75, 3.05) is 18.4 Å². The third-order valence-electron chi connectivity index (χ3n) is 5.66. The Bertz CT molecular complexity index is 774. The van der Waals surface area contributed by atoms with Gasteiger partial charge in [-0.25, -0.2) is 8.42 Å². The lowest BCUT2D eigenvalue weighted by molar-refractivity contribution is 0.309. The van der Waals surface area contributed by atoms with Gasteiger partial charge in [-0.15, -0.1) is 0 Å². The second-order valence-corrected chi connectivity index (χ2v) is 9.81. The fourth-order valence-electron chi connectivity index (χ4n) is 3.68. The predicted molar refractivity (Wildman–Crippen MR) is 117 cm³/mol. The third kappa shape index (κ3) is 5.21. The van der Waals surface area contributed by atoms with Crippen molar-refractivity contribution >= 4 is 33.0 Å². The second-order valence-electron chi connectivity index (χ2n) is 7.47. The average Bonchev–Trinajstić information content (AvgIpc) is 2.61. The predicted octanol–water partition coefficient (Wildman–Crippen LogP) is 4.20. The van der Waals surface area contributed by atoms with Crippen LogP contribution in [0.4, 0.5) is 5.69 Å².